The number of hydrogen-bond donors (Lipinski definition) is 1. The molecule has 3 rings (SSSR count). The first kappa shape index (κ1) is 19.7. The van der Waals surface area contributed by atoms with Crippen LogP contribution in [0.1, 0.15) is 25.0 Å². The average Bonchev–Trinajstić information content (AvgIpc) is 3.00. The second kappa shape index (κ2) is 8.73. The van der Waals surface area contributed by atoms with Gasteiger partial charge in [-0.1, -0.05) is 18.2 Å². The van der Waals surface area contributed by atoms with Crippen molar-refractivity contribution in [1.82, 2.24) is 0 Å². The smallest absolute Gasteiger partial charge is 0.387 e. The number of carbonyl (C=O) groups is 1. The molecule has 0 aromatic heterocycles. The Hall–Kier alpha value is -3.09. The lowest BCUT2D eigenvalue weighted by molar-refractivity contribution is -0.111. The number of rotatable bonds is 7. The molecule has 1 heterocycles. The lowest BCUT2D eigenvalue weighted by Gasteiger charge is -2.13. The number of carbonyl (C=O) groups excluding carboxylic acids is 1. The number of hydrogen-bond acceptors (Lipinski definition) is 4. The van der Waals surface area contributed by atoms with E-state index in [1.165, 1.54) is 18.2 Å². The van der Waals surface area contributed by atoms with Crippen molar-refractivity contribution < 1.29 is 27.8 Å². The highest BCUT2D eigenvalue weighted by molar-refractivity contribution is 6.03. The van der Waals surface area contributed by atoms with Gasteiger partial charge in [0.05, 0.1) is 12.3 Å². The maximum atomic E-state index is 12.5. The lowest BCUT2D eigenvalue weighted by Crippen LogP contribution is -2.10. The predicted molar refractivity (Wildman–Crippen MR) is 102 cm³/mol. The summed E-state index contributed by atoms with van der Waals surface area (Å²) >= 11 is 0. The Bertz CT molecular complexity index is 883. The van der Waals surface area contributed by atoms with Crippen molar-refractivity contribution >= 4 is 17.7 Å². The van der Waals surface area contributed by atoms with E-state index >= 15 is 0 Å². The van der Waals surface area contributed by atoms with Crippen LogP contribution in [0.25, 0.3) is 6.08 Å². The number of anilines is 1. The van der Waals surface area contributed by atoms with Crippen molar-refractivity contribution in [2.24, 2.45) is 0 Å². The third-order valence-electron chi connectivity index (χ3n) is 4.11. The first-order valence-electron chi connectivity index (χ1n) is 8.95. The molecule has 2 aromatic rings. The SMILES string of the molecule is CCOc1cc2c(cc1NC(=O)/C=C/c1ccccc1OC(F)F)OC(C)C2. The Morgan fingerprint density at radius 3 is 2.86 bits per heavy atom. The molecule has 1 atom stereocenters. The van der Waals surface area contributed by atoms with Gasteiger partial charge in [0.25, 0.3) is 0 Å². The zero-order chi connectivity index (χ0) is 20.1. The Labute approximate surface area is 161 Å². The summed E-state index contributed by atoms with van der Waals surface area (Å²) in [6.07, 6.45) is 3.52. The molecule has 1 N–H and O–H groups in total. The van der Waals surface area contributed by atoms with E-state index in [1.807, 2.05) is 19.9 Å². The van der Waals surface area contributed by atoms with Crippen LogP contribution < -0.4 is 19.5 Å². The van der Waals surface area contributed by atoms with Gasteiger partial charge >= 0.3 is 6.61 Å². The summed E-state index contributed by atoms with van der Waals surface area (Å²) in [5.74, 6) is 0.836. The van der Waals surface area contributed by atoms with Gasteiger partial charge in [0, 0.05) is 29.7 Å². The summed E-state index contributed by atoms with van der Waals surface area (Å²) in [5, 5.41) is 2.75. The van der Waals surface area contributed by atoms with E-state index in [0.29, 0.717) is 29.4 Å². The highest BCUT2D eigenvalue weighted by Crippen LogP contribution is 2.38. The largest absolute Gasteiger partial charge is 0.492 e. The molecule has 1 aliphatic heterocycles. The lowest BCUT2D eigenvalue weighted by atomic mass is 10.1. The number of alkyl halides is 2. The van der Waals surface area contributed by atoms with Gasteiger partial charge in [0.2, 0.25) is 5.91 Å². The fraction of sp³-hybridized carbons (Fsp3) is 0.286. The third-order valence-corrected chi connectivity index (χ3v) is 4.11. The fourth-order valence-corrected chi connectivity index (χ4v) is 2.97. The normalized spacial score (nSPS) is 15.4. The number of ether oxygens (including phenoxy) is 3. The molecule has 1 aliphatic rings. The molecule has 0 saturated carbocycles. The number of para-hydroxylation sites is 1. The zero-order valence-corrected chi connectivity index (χ0v) is 15.6. The Kier molecular flexibility index (Phi) is 6.13. The van der Waals surface area contributed by atoms with Gasteiger partial charge in [-0.2, -0.15) is 8.78 Å². The molecule has 1 amide bonds. The van der Waals surface area contributed by atoms with Crippen LogP contribution in [0.2, 0.25) is 0 Å². The van der Waals surface area contributed by atoms with Crippen LogP contribution in [0, 0.1) is 0 Å². The average molecular weight is 389 g/mol. The summed E-state index contributed by atoms with van der Waals surface area (Å²) in [6, 6.07) is 9.85. The minimum atomic E-state index is -2.94. The summed E-state index contributed by atoms with van der Waals surface area (Å²) < 4.78 is 40.8. The van der Waals surface area contributed by atoms with Crippen LogP contribution in [0.5, 0.6) is 17.2 Å². The highest BCUT2D eigenvalue weighted by Gasteiger charge is 2.22. The van der Waals surface area contributed by atoms with E-state index in [-0.39, 0.29) is 11.9 Å². The van der Waals surface area contributed by atoms with Crippen LogP contribution in [0.4, 0.5) is 14.5 Å². The van der Waals surface area contributed by atoms with Crippen LogP contribution in [0.3, 0.4) is 0 Å². The topological polar surface area (TPSA) is 56.8 Å². The molecular weight excluding hydrogens is 368 g/mol. The van der Waals surface area contributed by atoms with E-state index in [0.717, 1.165) is 12.0 Å². The van der Waals surface area contributed by atoms with Gasteiger partial charge in [-0.05, 0) is 32.1 Å². The second-order valence-electron chi connectivity index (χ2n) is 6.26. The minimum absolute atomic E-state index is 0.00327. The quantitative estimate of drug-likeness (QED) is 0.700. The van der Waals surface area contributed by atoms with Gasteiger partial charge in [-0.15, -0.1) is 0 Å². The summed E-state index contributed by atoms with van der Waals surface area (Å²) in [6.45, 7) is 1.34. The van der Waals surface area contributed by atoms with Crippen molar-refractivity contribution in [3.05, 3.63) is 53.6 Å². The monoisotopic (exact) mass is 389 g/mol. The van der Waals surface area contributed by atoms with Gasteiger partial charge in [-0.25, -0.2) is 0 Å². The third kappa shape index (κ3) is 4.79. The first-order valence-corrected chi connectivity index (χ1v) is 8.95. The van der Waals surface area contributed by atoms with Crippen molar-refractivity contribution in [3.8, 4) is 17.2 Å². The van der Waals surface area contributed by atoms with E-state index in [9.17, 15) is 13.6 Å². The fourth-order valence-electron chi connectivity index (χ4n) is 2.97. The van der Waals surface area contributed by atoms with Gasteiger partial charge in [0.1, 0.15) is 23.4 Å². The number of halogens is 2. The molecule has 0 aliphatic carbocycles. The zero-order valence-electron chi connectivity index (χ0n) is 15.6. The van der Waals surface area contributed by atoms with Crippen molar-refractivity contribution in [1.29, 1.82) is 0 Å². The first-order chi connectivity index (χ1) is 13.5. The molecule has 0 fully saturated rings. The van der Waals surface area contributed by atoms with Crippen molar-refractivity contribution in [3.63, 3.8) is 0 Å². The Morgan fingerprint density at radius 1 is 1.32 bits per heavy atom. The molecule has 0 saturated heterocycles. The van der Waals surface area contributed by atoms with Crippen molar-refractivity contribution in [2.75, 3.05) is 11.9 Å². The Morgan fingerprint density at radius 2 is 2.11 bits per heavy atom. The van der Waals surface area contributed by atoms with Gasteiger partial charge < -0.3 is 19.5 Å². The van der Waals surface area contributed by atoms with Gasteiger partial charge in [-0.3, -0.25) is 4.79 Å². The number of amides is 1. The molecule has 0 bridgehead atoms. The standard InChI is InChI=1S/C21H21F2NO4/c1-3-26-19-11-15-10-13(2)27-18(15)12-16(19)24-20(25)9-8-14-6-4-5-7-17(14)28-21(22)23/h4-9,11-13,21H,3,10H2,1-2H3,(H,24,25)/b9-8+. The van der Waals surface area contributed by atoms with E-state index < -0.39 is 12.5 Å². The molecular formula is C21H21F2NO4. The number of fused-ring (bicyclic) bond motifs is 1. The molecule has 0 spiro atoms. The number of benzene rings is 2. The molecule has 7 heteroatoms. The molecule has 5 nitrogen and oxygen atoms in total. The number of nitrogens with one attached hydrogen (secondary N) is 1. The molecule has 148 valence electrons. The summed E-state index contributed by atoms with van der Waals surface area (Å²) in [4.78, 5) is 12.4. The molecule has 2 aromatic carbocycles. The van der Waals surface area contributed by atoms with Crippen LogP contribution in [0.15, 0.2) is 42.5 Å². The Balaban J connectivity index is 1.77. The van der Waals surface area contributed by atoms with E-state index in [2.05, 4.69) is 10.1 Å². The van der Waals surface area contributed by atoms with Gasteiger partial charge in [0.15, 0.2) is 0 Å². The highest BCUT2D eigenvalue weighted by atomic mass is 19.3. The second-order valence-corrected chi connectivity index (χ2v) is 6.26. The summed E-state index contributed by atoms with van der Waals surface area (Å²) in [7, 11) is 0. The molecule has 0 radical (unpaired) electrons. The van der Waals surface area contributed by atoms with E-state index in [1.54, 1.807) is 24.3 Å². The maximum absolute atomic E-state index is 12.5. The van der Waals surface area contributed by atoms with Crippen LogP contribution in [-0.2, 0) is 11.2 Å². The predicted octanol–water partition coefficient (Wildman–Crippen LogP) is 4.66. The maximum Gasteiger partial charge on any atom is 0.387 e. The summed E-state index contributed by atoms with van der Waals surface area (Å²) in [5.41, 5.74) is 1.89. The minimum Gasteiger partial charge on any atom is -0.492 e. The van der Waals surface area contributed by atoms with Crippen LogP contribution >= 0.6 is 0 Å². The molecule has 28 heavy (non-hydrogen) atoms. The van der Waals surface area contributed by atoms with Crippen molar-refractivity contribution in [2.45, 2.75) is 33.0 Å². The van der Waals surface area contributed by atoms with E-state index in [4.69, 9.17) is 9.47 Å². The molecule has 1 unspecified atom stereocenters. The van der Waals surface area contributed by atoms with Crippen LogP contribution in [-0.4, -0.2) is 25.2 Å².